The largest absolute Gasteiger partial charge is 0.493 e. The molecule has 0 radical (unpaired) electrons. The van der Waals surface area contributed by atoms with Crippen molar-refractivity contribution in [1.29, 1.82) is 0 Å². The minimum Gasteiger partial charge on any atom is -0.493 e. The van der Waals surface area contributed by atoms with E-state index in [1.54, 1.807) is 18.0 Å². The average Bonchev–Trinajstić information content (AvgIpc) is 3.19. The second-order valence-corrected chi connectivity index (χ2v) is 6.74. The fraction of sp³-hybridized carbons (Fsp3) is 0.474. The molecule has 1 saturated heterocycles. The Morgan fingerprint density at radius 2 is 2.12 bits per heavy atom. The van der Waals surface area contributed by atoms with Gasteiger partial charge in [-0.05, 0) is 31.4 Å². The monoisotopic (exact) mass is 341 g/mol. The van der Waals surface area contributed by atoms with E-state index in [4.69, 9.17) is 9.47 Å². The zero-order valence-corrected chi connectivity index (χ0v) is 14.4. The van der Waals surface area contributed by atoms with E-state index in [9.17, 15) is 4.79 Å². The van der Waals surface area contributed by atoms with Gasteiger partial charge in [0.1, 0.15) is 0 Å². The van der Waals surface area contributed by atoms with Crippen molar-refractivity contribution in [2.45, 2.75) is 25.3 Å². The van der Waals surface area contributed by atoms with Crippen LogP contribution in [0.25, 0.3) is 5.69 Å². The Bertz CT molecular complexity index is 734. The number of amides is 1. The second-order valence-electron chi connectivity index (χ2n) is 6.74. The molecule has 2 aromatic rings. The number of hydrogen-bond acceptors (Lipinski definition) is 4. The van der Waals surface area contributed by atoms with Gasteiger partial charge in [0, 0.05) is 25.1 Å². The molecule has 0 spiro atoms. The summed E-state index contributed by atoms with van der Waals surface area (Å²) in [7, 11) is 1.58. The molecule has 2 heterocycles. The maximum atomic E-state index is 13.2. The summed E-state index contributed by atoms with van der Waals surface area (Å²) >= 11 is 0. The summed E-state index contributed by atoms with van der Waals surface area (Å²) < 4.78 is 12.6. The summed E-state index contributed by atoms with van der Waals surface area (Å²) in [6, 6.07) is 10.1. The first kappa shape index (κ1) is 16.1. The van der Waals surface area contributed by atoms with Gasteiger partial charge in [0.2, 0.25) is 0 Å². The van der Waals surface area contributed by atoms with E-state index in [0.29, 0.717) is 23.4 Å². The van der Waals surface area contributed by atoms with Crippen LogP contribution >= 0.6 is 0 Å². The number of carbonyl (C=O) groups is 1. The molecule has 1 aromatic carbocycles. The third-order valence-electron chi connectivity index (χ3n) is 4.85. The molecule has 1 aliphatic carbocycles. The van der Waals surface area contributed by atoms with E-state index in [-0.39, 0.29) is 5.91 Å². The highest BCUT2D eigenvalue weighted by atomic mass is 16.5. The fourth-order valence-corrected chi connectivity index (χ4v) is 3.29. The van der Waals surface area contributed by atoms with Crippen LogP contribution in [0.3, 0.4) is 0 Å². The van der Waals surface area contributed by atoms with Crippen molar-refractivity contribution < 1.29 is 14.3 Å². The molecule has 1 saturated carbocycles. The minimum absolute atomic E-state index is 0.0408. The summed E-state index contributed by atoms with van der Waals surface area (Å²) in [5.41, 5.74) is 1.29. The number of aromatic nitrogens is 2. The Hall–Kier alpha value is -2.34. The third kappa shape index (κ3) is 3.39. The molecule has 1 aromatic heterocycles. The Morgan fingerprint density at radius 1 is 1.32 bits per heavy atom. The lowest BCUT2D eigenvalue weighted by molar-refractivity contribution is 0.0696. The average molecular weight is 341 g/mol. The summed E-state index contributed by atoms with van der Waals surface area (Å²) in [5.74, 6) is 0.898. The van der Waals surface area contributed by atoms with Crippen molar-refractivity contribution in [2.75, 3.05) is 26.9 Å². The molecule has 0 N–H and O–H groups in total. The molecule has 1 aliphatic heterocycles. The van der Waals surface area contributed by atoms with Crippen LogP contribution in [0.4, 0.5) is 0 Å². The molecule has 2 fully saturated rings. The third-order valence-corrected chi connectivity index (χ3v) is 4.85. The highest BCUT2D eigenvalue weighted by Crippen LogP contribution is 2.32. The minimum atomic E-state index is -0.0408. The van der Waals surface area contributed by atoms with Crippen LogP contribution in [0, 0.1) is 5.92 Å². The van der Waals surface area contributed by atoms with Gasteiger partial charge in [-0.15, -0.1) is 0 Å². The van der Waals surface area contributed by atoms with Crippen LogP contribution in [0.2, 0.25) is 0 Å². The lowest BCUT2D eigenvalue weighted by Gasteiger charge is -2.24. The molecule has 6 heteroatoms. The molecule has 1 atom stereocenters. The lowest BCUT2D eigenvalue weighted by Crippen LogP contribution is -2.38. The number of rotatable bonds is 6. The van der Waals surface area contributed by atoms with E-state index in [2.05, 4.69) is 5.10 Å². The predicted molar refractivity (Wildman–Crippen MR) is 93.1 cm³/mol. The van der Waals surface area contributed by atoms with Crippen LogP contribution in [0.5, 0.6) is 5.75 Å². The number of para-hydroxylation sites is 1. The van der Waals surface area contributed by atoms with Gasteiger partial charge in [-0.1, -0.05) is 18.2 Å². The summed E-state index contributed by atoms with van der Waals surface area (Å²) in [6.07, 6.45) is 4.93. The Morgan fingerprint density at radius 3 is 2.76 bits per heavy atom. The van der Waals surface area contributed by atoms with Crippen molar-refractivity contribution in [2.24, 2.45) is 5.92 Å². The molecule has 6 nitrogen and oxygen atoms in total. The predicted octanol–water partition coefficient (Wildman–Crippen LogP) is 2.52. The molecular weight excluding hydrogens is 318 g/mol. The lowest BCUT2D eigenvalue weighted by atomic mass is 10.1. The van der Waals surface area contributed by atoms with Crippen molar-refractivity contribution in [3.8, 4) is 11.4 Å². The number of nitrogens with zero attached hydrogens (tertiary/aromatic N) is 3. The van der Waals surface area contributed by atoms with E-state index in [1.807, 2.05) is 35.2 Å². The van der Waals surface area contributed by atoms with E-state index in [0.717, 1.165) is 44.7 Å². The first-order valence-corrected chi connectivity index (χ1v) is 8.84. The summed E-state index contributed by atoms with van der Waals surface area (Å²) in [4.78, 5) is 15.1. The van der Waals surface area contributed by atoms with Gasteiger partial charge in [0.25, 0.3) is 5.91 Å². The first-order chi connectivity index (χ1) is 12.3. The first-order valence-electron chi connectivity index (χ1n) is 8.84. The van der Waals surface area contributed by atoms with Crippen molar-refractivity contribution in [3.05, 3.63) is 42.2 Å². The maximum Gasteiger partial charge on any atom is 0.278 e. The van der Waals surface area contributed by atoms with Gasteiger partial charge in [-0.25, -0.2) is 4.68 Å². The van der Waals surface area contributed by atoms with Gasteiger partial charge in [-0.2, -0.15) is 5.10 Å². The topological polar surface area (TPSA) is 56.6 Å². The Labute approximate surface area is 147 Å². The zero-order valence-electron chi connectivity index (χ0n) is 14.4. The van der Waals surface area contributed by atoms with Gasteiger partial charge < -0.3 is 14.4 Å². The Kier molecular flexibility index (Phi) is 4.44. The van der Waals surface area contributed by atoms with Gasteiger partial charge in [0.05, 0.1) is 25.6 Å². The van der Waals surface area contributed by atoms with E-state index < -0.39 is 0 Å². The van der Waals surface area contributed by atoms with Crippen LogP contribution in [-0.2, 0) is 4.74 Å². The van der Waals surface area contributed by atoms with E-state index in [1.165, 1.54) is 0 Å². The highest BCUT2D eigenvalue weighted by molar-refractivity contribution is 5.95. The molecule has 2 aliphatic rings. The van der Waals surface area contributed by atoms with Gasteiger partial charge >= 0.3 is 0 Å². The van der Waals surface area contributed by atoms with Crippen molar-refractivity contribution in [1.82, 2.24) is 14.7 Å². The van der Waals surface area contributed by atoms with Crippen molar-refractivity contribution >= 4 is 5.91 Å². The molecule has 1 amide bonds. The second kappa shape index (κ2) is 6.88. The molecule has 132 valence electrons. The fourth-order valence-electron chi connectivity index (χ4n) is 3.29. The molecule has 25 heavy (non-hydrogen) atoms. The Balaban J connectivity index is 1.60. The number of hydrogen-bond donors (Lipinski definition) is 0. The number of ether oxygens (including phenoxy) is 2. The molecule has 0 unspecified atom stereocenters. The number of methoxy groups -OCH3 is 1. The van der Waals surface area contributed by atoms with Crippen LogP contribution in [-0.4, -0.2) is 53.5 Å². The number of carbonyl (C=O) groups excluding carboxylic acids is 1. The van der Waals surface area contributed by atoms with Crippen LogP contribution in [0.15, 0.2) is 36.5 Å². The molecule has 0 bridgehead atoms. The van der Waals surface area contributed by atoms with Crippen molar-refractivity contribution in [3.63, 3.8) is 0 Å². The zero-order chi connectivity index (χ0) is 17.2. The smallest absolute Gasteiger partial charge is 0.278 e. The highest BCUT2D eigenvalue weighted by Gasteiger charge is 2.37. The van der Waals surface area contributed by atoms with Crippen LogP contribution < -0.4 is 4.74 Å². The van der Waals surface area contributed by atoms with E-state index >= 15 is 0 Å². The quantitative estimate of drug-likeness (QED) is 0.810. The van der Waals surface area contributed by atoms with Crippen LogP contribution in [0.1, 0.15) is 29.8 Å². The normalized spacial score (nSPS) is 19.8. The summed E-state index contributed by atoms with van der Waals surface area (Å²) in [6.45, 7) is 2.28. The maximum absolute atomic E-state index is 13.2. The number of benzene rings is 1. The van der Waals surface area contributed by atoms with Gasteiger partial charge in [-0.3, -0.25) is 4.79 Å². The molecule has 4 rings (SSSR count). The molecular formula is C19H23N3O3. The van der Waals surface area contributed by atoms with Gasteiger partial charge in [0.15, 0.2) is 11.4 Å². The SMILES string of the molecule is COc1cn(-c2ccccc2)nc1C(=O)N(C[C@@H]1CCOC1)C1CC1. The summed E-state index contributed by atoms with van der Waals surface area (Å²) in [5, 5.41) is 4.53. The standard InChI is InChI=1S/C19H23N3O3/c1-24-17-12-22(16-5-3-2-4-6-16)20-18(17)19(23)21(15-7-8-15)11-14-9-10-25-13-14/h2-6,12,14-15H,7-11,13H2,1H3/t14-/m0/s1.